The third-order valence-electron chi connectivity index (χ3n) is 3.91. The largest absolute Gasteiger partial charge is 0.364 e. The van der Waals surface area contributed by atoms with Crippen molar-refractivity contribution >= 4 is 17.3 Å². The van der Waals surface area contributed by atoms with Crippen LogP contribution in [0.3, 0.4) is 0 Å². The molecule has 1 saturated carbocycles. The van der Waals surface area contributed by atoms with Crippen molar-refractivity contribution in [2.45, 2.75) is 52.0 Å². The van der Waals surface area contributed by atoms with Gasteiger partial charge in [-0.1, -0.05) is 19.8 Å². The smallest absolute Gasteiger partial charge is 0.353 e. The molecule has 2 rings (SSSR count). The molecular weight excluding hydrogens is 270 g/mol. The van der Waals surface area contributed by atoms with E-state index in [0.29, 0.717) is 24.2 Å². The van der Waals surface area contributed by atoms with Crippen molar-refractivity contribution < 1.29 is 4.92 Å². The predicted molar refractivity (Wildman–Crippen MR) is 82.7 cm³/mol. The van der Waals surface area contributed by atoms with Crippen LogP contribution in [0.15, 0.2) is 6.33 Å². The van der Waals surface area contributed by atoms with E-state index in [1.54, 1.807) is 0 Å². The minimum Gasteiger partial charge on any atom is -0.364 e. The zero-order valence-electron chi connectivity index (χ0n) is 12.7. The molecule has 7 nitrogen and oxygen atoms in total. The van der Waals surface area contributed by atoms with Gasteiger partial charge in [-0.25, -0.2) is 9.97 Å². The fourth-order valence-electron chi connectivity index (χ4n) is 2.92. The van der Waals surface area contributed by atoms with E-state index < -0.39 is 0 Å². The van der Waals surface area contributed by atoms with E-state index in [1.165, 1.54) is 19.2 Å². The van der Waals surface area contributed by atoms with Crippen molar-refractivity contribution in [1.82, 2.24) is 9.97 Å². The van der Waals surface area contributed by atoms with Crippen LogP contribution in [-0.4, -0.2) is 34.0 Å². The van der Waals surface area contributed by atoms with Crippen LogP contribution in [0, 0.1) is 10.1 Å². The van der Waals surface area contributed by atoms with Gasteiger partial charge in [0.05, 0.1) is 4.92 Å². The first-order valence-corrected chi connectivity index (χ1v) is 7.68. The number of nitro groups is 1. The van der Waals surface area contributed by atoms with Crippen LogP contribution in [0.2, 0.25) is 0 Å². The quantitative estimate of drug-likeness (QED) is 0.614. The fourth-order valence-corrected chi connectivity index (χ4v) is 2.92. The summed E-state index contributed by atoms with van der Waals surface area (Å²) in [4.78, 5) is 21.5. The van der Waals surface area contributed by atoms with Gasteiger partial charge < -0.3 is 10.2 Å². The molecule has 0 bridgehead atoms. The highest BCUT2D eigenvalue weighted by Crippen LogP contribution is 2.35. The fraction of sp³-hybridized carbons (Fsp3) is 0.714. The van der Waals surface area contributed by atoms with Gasteiger partial charge in [0.2, 0.25) is 11.6 Å². The Morgan fingerprint density at radius 2 is 2.10 bits per heavy atom. The lowest BCUT2D eigenvalue weighted by Crippen LogP contribution is -2.34. The first-order valence-electron chi connectivity index (χ1n) is 7.68. The van der Waals surface area contributed by atoms with E-state index in [0.717, 1.165) is 25.8 Å². The first kappa shape index (κ1) is 15.5. The van der Waals surface area contributed by atoms with Crippen LogP contribution < -0.4 is 10.2 Å². The number of rotatable bonds is 7. The van der Waals surface area contributed by atoms with Gasteiger partial charge in [-0.3, -0.25) is 10.1 Å². The predicted octanol–water partition coefficient (Wildman–Crippen LogP) is 2.98. The lowest BCUT2D eigenvalue weighted by atomic mass is 10.2. The molecule has 7 heteroatoms. The maximum atomic E-state index is 11.5. The third-order valence-corrected chi connectivity index (χ3v) is 3.91. The highest BCUT2D eigenvalue weighted by Gasteiger charge is 2.31. The van der Waals surface area contributed by atoms with Crippen molar-refractivity contribution in [3.63, 3.8) is 0 Å². The molecule has 0 aliphatic heterocycles. The molecule has 1 fully saturated rings. The molecule has 0 radical (unpaired) electrons. The Kier molecular flexibility index (Phi) is 5.30. The Morgan fingerprint density at radius 3 is 2.67 bits per heavy atom. The van der Waals surface area contributed by atoms with Crippen LogP contribution in [0.4, 0.5) is 17.3 Å². The molecular formula is C14H23N5O2. The zero-order chi connectivity index (χ0) is 15.2. The maximum absolute atomic E-state index is 11.5. The summed E-state index contributed by atoms with van der Waals surface area (Å²) in [5.74, 6) is 0.770. The van der Waals surface area contributed by atoms with Gasteiger partial charge in [0, 0.05) is 19.1 Å². The molecule has 0 saturated heterocycles. The van der Waals surface area contributed by atoms with Gasteiger partial charge in [0.25, 0.3) is 0 Å². The molecule has 1 aliphatic carbocycles. The third kappa shape index (κ3) is 3.40. The molecule has 1 aromatic heterocycles. The average molecular weight is 293 g/mol. The second-order valence-electron chi connectivity index (χ2n) is 5.30. The molecule has 0 amide bonds. The Balaban J connectivity index is 2.38. The normalized spacial score (nSPS) is 15.1. The number of nitrogens with one attached hydrogen (secondary N) is 1. The lowest BCUT2D eigenvalue weighted by molar-refractivity contribution is -0.383. The topological polar surface area (TPSA) is 84.2 Å². The van der Waals surface area contributed by atoms with Crippen LogP contribution >= 0.6 is 0 Å². The zero-order valence-corrected chi connectivity index (χ0v) is 12.7. The molecule has 116 valence electrons. The summed E-state index contributed by atoms with van der Waals surface area (Å²) in [6.07, 6.45) is 6.82. The van der Waals surface area contributed by atoms with Gasteiger partial charge >= 0.3 is 5.69 Å². The Bertz CT molecular complexity index is 488. The molecule has 21 heavy (non-hydrogen) atoms. The lowest BCUT2D eigenvalue weighted by Gasteiger charge is -2.28. The molecule has 1 N–H and O–H groups in total. The Morgan fingerprint density at radius 1 is 1.38 bits per heavy atom. The van der Waals surface area contributed by atoms with Gasteiger partial charge in [-0.05, 0) is 26.2 Å². The summed E-state index contributed by atoms with van der Waals surface area (Å²) in [6, 6.07) is 0.350. The molecule has 1 aromatic rings. The van der Waals surface area contributed by atoms with Crippen molar-refractivity contribution in [1.29, 1.82) is 0 Å². The summed E-state index contributed by atoms with van der Waals surface area (Å²) >= 11 is 0. The van der Waals surface area contributed by atoms with Crippen LogP contribution in [0.25, 0.3) is 0 Å². The molecule has 0 atom stereocenters. The SMILES string of the molecule is CCCNc1ncnc(N(CC)C2CCCC2)c1[N+](=O)[O-]. The van der Waals surface area contributed by atoms with Crippen LogP contribution in [0.1, 0.15) is 46.0 Å². The van der Waals surface area contributed by atoms with Gasteiger partial charge in [-0.2, -0.15) is 0 Å². The number of anilines is 2. The van der Waals surface area contributed by atoms with E-state index in [-0.39, 0.29) is 10.6 Å². The molecule has 0 unspecified atom stereocenters. The van der Waals surface area contributed by atoms with Crippen LogP contribution in [-0.2, 0) is 0 Å². The van der Waals surface area contributed by atoms with Crippen molar-refractivity contribution in [3.8, 4) is 0 Å². The number of aromatic nitrogens is 2. The van der Waals surface area contributed by atoms with E-state index in [2.05, 4.69) is 20.2 Å². The monoisotopic (exact) mass is 293 g/mol. The van der Waals surface area contributed by atoms with E-state index in [1.807, 2.05) is 13.8 Å². The summed E-state index contributed by atoms with van der Waals surface area (Å²) in [7, 11) is 0. The van der Waals surface area contributed by atoms with E-state index >= 15 is 0 Å². The second kappa shape index (κ2) is 7.19. The van der Waals surface area contributed by atoms with E-state index in [4.69, 9.17) is 0 Å². The Labute approximate surface area is 124 Å². The standard InChI is InChI=1S/C14H23N5O2/c1-3-9-15-13-12(19(20)21)14(17-10-16-13)18(4-2)11-7-5-6-8-11/h10-11H,3-9H2,1-2H3,(H,15,16,17). The molecule has 0 spiro atoms. The molecule has 0 aromatic carbocycles. The summed E-state index contributed by atoms with van der Waals surface area (Å²) in [5.41, 5.74) is -0.000278. The van der Waals surface area contributed by atoms with Gasteiger partial charge in [0.15, 0.2) is 0 Å². The van der Waals surface area contributed by atoms with Gasteiger partial charge in [0.1, 0.15) is 6.33 Å². The molecule has 1 aliphatic rings. The average Bonchev–Trinajstić information content (AvgIpc) is 2.99. The maximum Gasteiger partial charge on any atom is 0.353 e. The van der Waals surface area contributed by atoms with Crippen molar-refractivity contribution in [2.24, 2.45) is 0 Å². The minimum atomic E-state index is -0.370. The number of hydrogen-bond acceptors (Lipinski definition) is 6. The minimum absolute atomic E-state index is 0.000278. The van der Waals surface area contributed by atoms with Crippen molar-refractivity contribution in [2.75, 3.05) is 23.3 Å². The summed E-state index contributed by atoms with van der Waals surface area (Å²) < 4.78 is 0. The van der Waals surface area contributed by atoms with Crippen LogP contribution in [0.5, 0.6) is 0 Å². The molecule has 1 heterocycles. The highest BCUT2D eigenvalue weighted by atomic mass is 16.6. The Hall–Kier alpha value is -1.92. The summed E-state index contributed by atoms with van der Waals surface area (Å²) in [5, 5.41) is 14.5. The van der Waals surface area contributed by atoms with Crippen molar-refractivity contribution in [3.05, 3.63) is 16.4 Å². The van der Waals surface area contributed by atoms with Gasteiger partial charge in [-0.15, -0.1) is 0 Å². The second-order valence-corrected chi connectivity index (χ2v) is 5.30. The van der Waals surface area contributed by atoms with E-state index in [9.17, 15) is 10.1 Å². The highest BCUT2D eigenvalue weighted by molar-refractivity contribution is 5.70. The summed E-state index contributed by atoms with van der Waals surface area (Å²) in [6.45, 7) is 5.41. The first-order chi connectivity index (χ1) is 10.2. The number of nitrogens with zero attached hydrogens (tertiary/aromatic N) is 4. The number of hydrogen-bond donors (Lipinski definition) is 1.